The van der Waals surface area contributed by atoms with Crippen LogP contribution >= 0.6 is 11.6 Å². The van der Waals surface area contributed by atoms with Crippen LogP contribution in [0, 0.1) is 0 Å². The van der Waals surface area contributed by atoms with Crippen molar-refractivity contribution < 1.29 is 9.90 Å². The lowest BCUT2D eigenvalue weighted by molar-refractivity contribution is -0.136. The Bertz CT molecular complexity index is 788. The minimum Gasteiger partial charge on any atom is -0.481 e. The maximum atomic E-state index is 11.0. The highest BCUT2D eigenvalue weighted by Gasteiger charge is 2.15. The SMILES string of the molecule is O=C(O)Cc1ccc2c(c1)/C(=C\CCl)c1ccccc1C=C2. The van der Waals surface area contributed by atoms with Gasteiger partial charge in [-0.1, -0.05) is 54.6 Å². The number of rotatable bonds is 3. The third kappa shape index (κ3) is 2.83. The second kappa shape index (κ2) is 6.20. The summed E-state index contributed by atoms with van der Waals surface area (Å²) in [5.74, 6) is -0.417. The highest BCUT2D eigenvalue weighted by molar-refractivity contribution is 6.19. The molecule has 0 amide bonds. The molecule has 2 aromatic rings. The predicted octanol–water partition coefficient (Wildman–Crippen LogP) is 4.47. The zero-order valence-electron chi connectivity index (χ0n) is 11.9. The summed E-state index contributed by atoms with van der Waals surface area (Å²) in [6.07, 6.45) is 6.15. The van der Waals surface area contributed by atoms with Crippen molar-refractivity contribution in [3.05, 3.63) is 76.4 Å². The van der Waals surface area contributed by atoms with E-state index in [4.69, 9.17) is 16.7 Å². The van der Waals surface area contributed by atoms with Gasteiger partial charge >= 0.3 is 5.97 Å². The Morgan fingerprint density at radius 2 is 1.77 bits per heavy atom. The first-order valence-corrected chi connectivity index (χ1v) is 7.61. The van der Waals surface area contributed by atoms with Crippen LogP contribution in [-0.2, 0) is 11.2 Å². The summed E-state index contributed by atoms with van der Waals surface area (Å²) in [6, 6.07) is 13.9. The normalized spacial score (nSPS) is 14.3. The highest BCUT2D eigenvalue weighted by atomic mass is 35.5. The van der Waals surface area contributed by atoms with Crippen molar-refractivity contribution in [3.8, 4) is 0 Å². The number of carboxylic acid groups (broad SMARTS) is 1. The smallest absolute Gasteiger partial charge is 0.307 e. The van der Waals surface area contributed by atoms with Gasteiger partial charge in [0.1, 0.15) is 0 Å². The first kappa shape index (κ1) is 14.6. The Hall–Kier alpha value is -2.32. The Balaban J connectivity index is 2.20. The summed E-state index contributed by atoms with van der Waals surface area (Å²) >= 11 is 5.95. The van der Waals surface area contributed by atoms with E-state index in [2.05, 4.69) is 24.3 Å². The van der Waals surface area contributed by atoms with Crippen LogP contribution < -0.4 is 0 Å². The van der Waals surface area contributed by atoms with Crippen molar-refractivity contribution in [1.82, 2.24) is 0 Å². The van der Waals surface area contributed by atoms with Crippen molar-refractivity contribution in [2.75, 3.05) is 5.88 Å². The van der Waals surface area contributed by atoms with Crippen LogP contribution in [0.4, 0.5) is 0 Å². The molecule has 1 aliphatic carbocycles. The monoisotopic (exact) mass is 310 g/mol. The molecule has 0 radical (unpaired) electrons. The number of carbonyl (C=O) groups is 1. The van der Waals surface area contributed by atoms with E-state index in [0.29, 0.717) is 5.88 Å². The molecular weight excluding hydrogens is 296 g/mol. The highest BCUT2D eigenvalue weighted by Crippen LogP contribution is 2.34. The van der Waals surface area contributed by atoms with Gasteiger partial charge in [-0.3, -0.25) is 4.79 Å². The second-order valence-corrected chi connectivity index (χ2v) is 5.49. The standard InChI is InChI=1S/C19H15ClO2/c20-10-9-17-16-4-2-1-3-14(16)7-8-15-6-5-13(11-18(15)17)12-19(21)22/h1-9,11H,10,12H2,(H,21,22)/b17-9-. The van der Waals surface area contributed by atoms with Gasteiger partial charge in [-0.15, -0.1) is 11.6 Å². The van der Waals surface area contributed by atoms with Gasteiger partial charge in [-0.25, -0.2) is 0 Å². The number of allylic oxidation sites excluding steroid dienone is 1. The van der Waals surface area contributed by atoms with Crippen molar-refractivity contribution in [2.24, 2.45) is 0 Å². The van der Waals surface area contributed by atoms with Crippen LogP contribution in [0.3, 0.4) is 0 Å². The van der Waals surface area contributed by atoms with Gasteiger partial charge in [0.25, 0.3) is 0 Å². The molecule has 1 N–H and O–H groups in total. The van der Waals surface area contributed by atoms with Gasteiger partial charge in [-0.05, 0) is 39.5 Å². The summed E-state index contributed by atoms with van der Waals surface area (Å²) in [6.45, 7) is 0. The molecule has 0 heterocycles. The van der Waals surface area contributed by atoms with Gasteiger partial charge in [-0.2, -0.15) is 0 Å². The number of fused-ring (bicyclic) bond motifs is 2. The lowest BCUT2D eigenvalue weighted by Crippen LogP contribution is -2.01. The molecule has 1 aliphatic rings. The van der Waals surface area contributed by atoms with E-state index in [9.17, 15) is 4.79 Å². The quantitative estimate of drug-likeness (QED) is 0.725. The van der Waals surface area contributed by atoms with E-state index in [-0.39, 0.29) is 6.42 Å². The molecule has 0 unspecified atom stereocenters. The van der Waals surface area contributed by atoms with Gasteiger partial charge in [0.05, 0.1) is 6.42 Å². The molecule has 110 valence electrons. The average molecular weight is 311 g/mol. The summed E-state index contributed by atoms with van der Waals surface area (Å²) < 4.78 is 0. The Morgan fingerprint density at radius 1 is 1.05 bits per heavy atom. The van der Waals surface area contributed by atoms with Crippen LogP contribution in [0.1, 0.15) is 27.8 Å². The number of aliphatic carboxylic acids is 1. The lowest BCUT2D eigenvalue weighted by Gasteiger charge is -2.13. The first-order chi connectivity index (χ1) is 10.7. The topological polar surface area (TPSA) is 37.3 Å². The van der Waals surface area contributed by atoms with Gasteiger partial charge in [0.15, 0.2) is 0 Å². The molecule has 22 heavy (non-hydrogen) atoms. The molecule has 2 nitrogen and oxygen atoms in total. The average Bonchev–Trinajstić information content (AvgIpc) is 2.65. The van der Waals surface area contributed by atoms with E-state index in [0.717, 1.165) is 33.4 Å². The van der Waals surface area contributed by atoms with Crippen molar-refractivity contribution in [2.45, 2.75) is 6.42 Å². The molecule has 0 atom stereocenters. The van der Waals surface area contributed by atoms with E-state index in [1.54, 1.807) is 0 Å². The molecule has 3 rings (SSSR count). The van der Waals surface area contributed by atoms with Gasteiger partial charge in [0.2, 0.25) is 0 Å². The van der Waals surface area contributed by atoms with Crippen LogP contribution in [0.5, 0.6) is 0 Å². The predicted molar refractivity (Wildman–Crippen MR) is 91.0 cm³/mol. The lowest BCUT2D eigenvalue weighted by atomic mass is 9.92. The fourth-order valence-corrected chi connectivity index (χ4v) is 2.93. The van der Waals surface area contributed by atoms with Crippen molar-refractivity contribution in [1.29, 1.82) is 0 Å². The number of halogens is 1. The minimum atomic E-state index is -0.826. The van der Waals surface area contributed by atoms with Crippen molar-refractivity contribution in [3.63, 3.8) is 0 Å². The number of alkyl halides is 1. The van der Waals surface area contributed by atoms with E-state index in [1.807, 2.05) is 36.4 Å². The van der Waals surface area contributed by atoms with E-state index < -0.39 is 5.97 Å². The summed E-state index contributed by atoms with van der Waals surface area (Å²) in [4.78, 5) is 11.0. The third-order valence-electron chi connectivity index (χ3n) is 3.74. The molecule has 0 saturated carbocycles. The van der Waals surface area contributed by atoms with Crippen LogP contribution in [0.25, 0.3) is 17.7 Å². The molecule has 0 bridgehead atoms. The summed E-state index contributed by atoms with van der Waals surface area (Å²) in [5, 5.41) is 9.00. The zero-order valence-corrected chi connectivity index (χ0v) is 12.7. The molecule has 0 spiro atoms. The Morgan fingerprint density at radius 3 is 2.50 bits per heavy atom. The first-order valence-electron chi connectivity index (χ1n) is 7.08. The molecule has 0 saturated heterocycles. The second-order valence-electron chi connectivity index (χ2n) is 5.18. The third-order valence-corrected chi connectivity index (χ3v) is 3.89. The number of hydrogen-bond donors (Lipinski definition) is 1. The fourth-order valence-electron chi connectivity index (χ4n) is 2.78. The molecular formula is C19H15ClO2. The molecule has 0 aliphatic heterocycles. The maximum absolute atomic E-state index is 11.0. The van der Waals surface area contributed by atoms with E-state index in [1.165, 1.54) is 0 Å². The van der Waals surface area contributed by atoms with Gasteiger partial charge < -0.3 is 5.11 Å². The minimum absolute atomic E-state index is 0.0206. The Labute approximate surface area is 134 Å². The van der Waals surface area contributed by atoms with Crippen molar-refractivity contribution >= 4 is 35.3 Å². The van der Waals surface area contributed by atoms with Crippen LogP contribution in [0.2, 0.25) is 0 Å². The van der Waals surface area contributed by atoms with Gasteiger partial charge in [0, 0.05) is 5.88 Å². The summed E-state index contributed by atoms with van der Waals surface area (Å²) in [5.41, 5.74) is 6.19. The fraction of sp³-hybridized carbons (Fsp3) is 0.105. The number of hydrogen-bond acceptors (Lipinski definition) is 1. The zero-order chi connectivity index (χ0) is 15.5. The number of carboxylic acids is 1. The number of benzene rings is 2. The maximum Gasteiger partial charge on any atom is 0.307 e. The van der Waals surface area contributed by atoms with Crippen LogP contribution in [0.15, 0.2) is 48.5 Å². The molecule has 0 aromatic heterocycles. The largest absolute Gasteiger partial charge is 0.481 e. The molecule has 2 aromatic carbocycles. The molecule has 0 fully saturated rings. The molecule has 3 heteroatoms. The summed E-state index contributed by atoms with van der Waals surface area (Å²) in [7, 11) is 0. The van der Waals surface area contributed by atoms with Crippen LogP contribution in [-0.4, -0.2) is 17.0 Å². The van der Waals surface area contributed by atoms with E-state index >= 15 is 0 Å². The Kier molecular flexibility index (Phi) is 4.12.